The number of hydrogen-bond acceptors (Lipinski definition) is 4. The number of aryl methyl sites for hydroxylation is 1. The highest BCUT2D eigenvalue weighted by Crippen LogP contribution is 2.29. The first kappa shape index (κ1) is 18.6. The Balaban J connectivity index is 1.56. The number of hydrogen-bond donors (Lipinski definition) is 2. The summed E-state index contributed by atoms with van der Waals surface area (Å²) < 4.78 is 18.3. The van der Waals surface area contributed by atoms with E-state index in [-0.39, 0.29) is 12.4 Å². The Bertz CT molecular complexity index is 877. The topological polar surface area (TPSA) is 91.7 Å². The lowest BCUT2D eigenvalue weighted by Gasteiger charge is -2.19. The summed E-state index contributed by atoms with van der Waals surface area (Å²) in [5, 5.41) is 5.24. The Morgan fingerprint density at radius 1 is 1.22 bits per heavy atom. The molecule has 1 fully saturated rings. The second-order valence-corrected chi connectivity index (χ2v) is 6.58. The number of rotatable bonds is 6. The maximum atomic E-state index is 12.9. The lowest BCUT2D eigenvalue weighted by atomic mass is 9.99. The van der Waals surface area contributed by atoms with Gasteiger partial charge in [0.25, 0.3) is 5.91 Å². The van der Waals surface area contributed by atoms with Gasteiger partial charge in [-0.3, -0.25) is 14.5 Å². The highest BCUT2D eigenvalue weighted by molar-refractivity contribution is 6.08. The van der Waals surface area contributed by atoms with Crippen LogP contribution in [-0.4, -0.2) is 35.8 Å². The first-order valence-electron chi connectivity index (χ1n) is 8.52. The molecule has 1 unspecified atom stereocenters. The van der Waals surface area contributed by atoms with E-state index in [2.05, 4.69) is 10.6 Å². The number of carbonyl (C=O) groups is 3. The summed E-state index contributed by atoms with van der Waals surface area (Å²) in [4.78, 5) is 37.8. The van der Waals surface area contributed by atoms with E-state index in [9.17, 15) is 18.8 Å². The third-order valence-corrected chi connectivity index (χ3v) is 4.46. The van der Waals surface area contributed by atoms with Gasteiger partial charge in [0.05, 0.1) is 0 Å². The minimum atomic E-state index is -1.33. The summed E-state index contributed by atoms with van der Waals surface area (Å²) in [6, 6.07) is 8.64. The van der Waals surface area contributed by atoms with Crippen LogP contribution in [0.15, 0.2) is 40.8 Å². The van der Waals surface area contributed by atoms with Gasteiger partial charge in [-0.2, -0.15) is 0 Å². The largest absolute Gasteiger partial charge is 0.463 e. The zero-order valence-corrected chi connectivity index (χ0v) is 15.0. The second-order valence-electron chi connectivity index (χ2n) is 6.58. The molecule has 0 bridgehead atoms. The number of nitrogens with one attached hydrogen (secondary N) is 2. The predicted molar refractivity (Wildman–Crippen MR) is 94.2 cm³/mol. The van der Waals surface area contributed by atoms with Gasteiger partial charge in [-0.1, -0.05) is 12.1 Å². The number of urea groups is 1. The molecule has 0 radical (unpaired) electrons. The molecule has 2 aromatic rings. The van der Waals surface area contributed by atoms with Gasteiger partial charge in [-0.05, 0) is 50.1 Å². The molecule has 0 aliphatic carbocycles. The van der Waals surface area contributed by atoms with E-state index in [0.29, 0.717) is 24.5 Å². The molecule has 4 amide bonds. The lowest BCUT2D eigenvalue weighted by molar-refractivity contribution is -0.135. The van der Waals surface area contributed by atoms with Gasteiger partial charge < -0.3 is 15.1 Å². The van der Waals surface area contributed by atoms with Crippen LogP contribution in [0.3, 0.4) is 0 Å². The summed E-state index contributed by atoms with van der Waals surface area (Å²) >= 11 is 0. The molecule has 0 spiro atoms. The Labute approximate surface area is 155 Å². The van der Waals surface area contributed by atoms with Gasteiger partial charge in [-0.15, -0.1) is 0 Å². The standard InChI is InChI=1S/C19H20FN3O4/c1-12-3-8-15(27-12)19(2)17(25)23(18(26)22-19)11-16(24)21-10-9-13-4-6-14(20)7-5-13/h3-8H,9-11H2,1-2H3,(H,21,24)(H,22,26). The molecular weight excluding hydrogens is 353 g/mol. The van der Waals surface area contributed by atoms with E-state index >= 15 is 0 Å². The highest BCUT2D eigenvalue weighted by Gasteiger charge is 2.51. The summed E-state index contributed by atoms with van der Waals surface area (Å²) in [5.41, 5.74) is -0.466. The van der Waals surface area contributed by atoms with Gasteiger partial charge in [0.15, 0.2) is 5.54 Å². The van der Waals surface area contributed by atoms with Crippen LogP contribution in [0.25, 0.3) is 0 Å². The van der Waals surface area contributed by atoms with Crippen LogP contribution in [0.5, 0.6) is 0 Å². The van der Waals surface area contributed by atoms with Crippen molar-refractivity contribution in [3.05, 3.63) is 59.3 Å². The Kier molecular flexibility index (Phi) is 4.98. The molecule has 1 aromatic carbocycles. The molecule has 2 heterocycles. The molecular formula is C19H20FN3O4. The normalized spacial score (nSPS) is 19.3. The fourth-order valence-electron chi connectivity index (χ4n) is 2.91. The van der Waals surface area contributed by atoms with Gasteiger partial charge in [0, 0.05) is 6.54 Å². The Morgan fingerprint density at radius 3 is 2.56 bits per heavy atom. The number of furan rings is 1. The first-order chi connectivity index (χ1) is 12.8. The lowest BCUT2D eigenvalue weighted by Crippen LogP contribution is -2.43. The quantitative estimate of drug-likeness (QED) is 0.756. The Morgan fingerprint density at radius 2 is 1.93 bits per heavy atom. The number of amides is 4. The molecule has 142 valence electrons. The number of nitrogens with zero attached hydrogens (tertiary/aromatic N) is 1. The van der Waals surface area contributed by atoms with Gasteiger partial charge in [-0.25, -0.2) is 9.18 Å². The van der Waals surface area contributed by atoms with E-state index in [4.69, 9.17) is 4.42 Å². The summed E-state index contributed by atoms with van der Waals surface area (Å²) in [5.74, 6) is -0.394. The number of carbonyl (C=O) groups excluding carboxylic acids is 3. The minimum absolute atomic E-state index is 0.308. The van der Waals surface area contributed by atoms with Crippen molar-refractivity contribution in [3.63, 3.8) is 0 Å². The molecule has 1 aliphatic rings. The second kappa shape index (κ2) is 7.22. The van der Waals surface area contributed by atoms with E-state index in [1.54, 1.807) is 31.2 Å². The fourth-order valence-corrected chi connectivity index (χ4v) is 2.91. The van der Waals surface area contributed by atoms with E-state index in [1.165, 1.54) is 19.1 Å². The molecule has 7 nitrogen and oxygen atoms in total. The summed E-state index contributed by atoms with van der Waals surface area (Å²) in [6.45, 7) is 3.20. The third-order valence-electron chi connectivity index (χ3n) is 4.46. The minimum Gasteiger partial charge on any atom is -0.463 e. The van der Waals surface area contributed by atoms with Crippen molar-refractivity contribution in [1.29, 1.82) is 0 Å². The smallest absolute Gasteiger partial charge is 0.325 e. The number of halogens is 1. The van der Waals surface area contributed by atoms with Crippen LogP contribution < -0.4 is 10.6 Å². The summed E-state index contributed by atoms with van der Waals surface area (Å²) in [6.07, 6.45) is 0.509. The Hall–Kier alpha value is -3.16. The molecule has 1 atom stereocenters. The first-order valence-corrected chi connectivity index (χ1v) is 8.52. The van der Waals surface area contributed by atoms with Crippen molar-refractivity contribution in [2.24, 2.45) is 0 Å². The van der Waals surface area contributed by atoms with Crippen LogP contribution in [0.2, 0.25) is 0 Å². The van der Waals surface area contributed by atoms with Crippen LogP contribution >= 0.6 is 0 Å². The summed E-state index contributed by atoms with van der Waals surface area (Å²) in [7, 11) is 0. The molecule has 2 N–H and O–H groups in total. The highest BCUT2D eigenvalue weighted by atomic mass is 19.1. The predicted octanol–water partition coefficient (Wildman–Crippen LogP) is 1.85. The number of benzene rings is 1. The van der Waals surface area contributed by atoms with E-state index < -0.39 is 23.4 Å². The van der Waals surface area contributed by atoms with E-state index in [0.717, 1.165) is 10.5 Å². The van der Waals surface area contributed by atoms with Crippen LogP contribution in [0, 0.1) is 12.7 Å². The molecule has 1 aromatic heterocycles. The third kappa shape index (κ3) is 3.84. The average molecular weight is 373 g/mol. The van der Waals surface area contributed by atoms with Gasteiger partial charge in [0.2, 0.25) is 5.91 Å². The van der Waals surface area contributed by atoms with Crippen LogP contribution in [0.4, 0.5) is 9.18 Å². The maximum Gasteiger partial charge on any atom is 0.325 e. The maximum absolute atomic E-state index is 12.9. The molecule has 3 rings (SSSR count). The number of imide groups is 1. The van der Waals surface area contributed by atoms with Crippen LogP contribution in [0.1, 0.15) is 24.0 Å². The van der Waals surface area contributed by atoms with Crippen molar-refractivity contribution in [2.45, 2.75) is 25.8 Å². The average Bonchev–Trinajstić information content (AvgIpc) is 3.15. The van der Waals surface area contributed by atoms with Crippen molar-refractivity contribution in [3.8, 4) is 0 Å². The van der Waals surface area contributed by atoms with Crippen molar-refractivity contribution >= 4 is 17.8 Å². The zero-order valence-electron chi connectivity index (χ0n) is 15.0. The van der Waals surface area contributed by atoms with Crippen molar-refractivity contribution in [1.82, 2.24) is 15.5 Å². The van der Waals surface area contributed by atoms with Crippen molar-refractivity contribution in [2.75, 3.05) is 13.1 Å². The fraction of sp³-hybridized carbons (Fsp3) is 0.316. The molecule has 27 heavy (non-hydrogen) atoms. The molecule has 1 aliphatic heterocycles. The van der Waals surface area contributed by atoms with Gasteiger partial charge >= 0.3 is 6.03 Å². The monoisotopic (exact) mass is 373 g/mol. The SMILES string of the molecule is Cc1ccc(C2(C)NC(=O)N(CC(=O)NCCc3ccc(F)cc3)C2=O)o1. The zero-order chi connectivity index (χ0) is 19.6. The molecule has 8 heteroatoms. The van der Waals surface area contributed by atoms with Gasteiger partial charge in [0.1, 0.15) is 23.9 Å². The molecule has 0 saturated carbocycles. The molecule has 1 saturated heterocycles. The van der Waals surface area contributed by atoms with Crippen LogP contribution in [-0.2, 0) is 21.5 Å². The van der Waals surface area contributed by atoms with Crippen molar-refractivity contribution < 1.29 is 23.2 Å². The van der Waals surface area contributed by atoms with E-state index in [1.807, 2.05) is 0 Å².